The Kier molecular flexibility index (Phi) is 3.67. The van der Waals surface area contributed by atoms with Crippen molar-refractivity contribution in [2.75, 3.05) is 50.8 Å². The number of hydrogen-bond acceptors (Lipinski definition) is 4. The van der Waals surface area contributed by atoms with Crippen LogP contribution in [0.1, 0.15) is 0 Å². The van der Waals surface area contributed by atoms with E-state index in [2.05, 4.69) is 28.5 Å². The smallest absolute Gasteiger partial charge is 0.217 e. The topological polar surface area (TPSA) is 24.9 Å². The van der Waals surface area contributed by atoms with E-state index >= 15 is 0 Å². The van der Waals surface area contributed by atoms with Gasteiger partial charge in [-0.05, 0) is 12.1 Å². The molecule has 1 saturated heterocycles. The third kappa shape index (κ3) is 2.60. The lowest BCUT2D eigenvalue weighted by atomic mass is 10.2. The Bertz CT molecular complexity index is 391. The maximum Gasteiger partial charge on any atom is 0.217 e. The quantitative estimate of drug-likeness (QED) is 0.801. The van der Waals surface area contributed by atoms with Crippen LogP contribution in [0.5, 0.6) is 5.75 Å². The van der Waals surface area contributed by atoms with Crippen LogP contribution in [-0.2, 0) is 4.74 Å². The van der Waals surface area contributed by atoms with Crippen molar-refractivity contribution in [1.29, 1.82) is 0 Å². The van der Waals surface area contributed by atoms with Gasteiger partial charge in [0.15, 0.2) is 0 Å². The van der Waals surface area contributed by atoms with Crippen molar-refractivity contribution < 1.29 is 9.47 Å². The number of anilines is 1. The first-order valence-electron chi connectivity index (χ1n) is 6.47. The predicted octanol–water partition coefficient (Wildman–Crippen LogP) is 1.26. The van der Waals surface area contributed by atoms with E-state index in [1.165, 1.54) is 5.69 Å². The van der Waals surface area contributed by atoms with Gasteiger partial charge < -0.3 is 14.4 Å². The Hall–Kier alpha value is -1.26. The van der Waals surface area contributed by atoms with Gasteiger partial charge >= 0.3 is 0 Å². The summed E-state index contributed by atoms with van der Waals surface area (Å²) < 4.78 is 10.8. The number of para-hydroxylation sites is 2. The number of nitrogens with zero attached hydrogens (tertiary/aromatic N) is 2. The molecule has 0 aromatic heterocycles. The van der Waals surface area contributed by atoms with Crippen molar-refractivity contribution in [2.45, 2.75) is 0 Å². The van der Waals surface area contributed by atoms with E-state index in [4.69, 9.17) is 9.47 Å². The minimum Gasteiger partial charge on any atom is -0.474 e. The minimum absolute atomic E-state index is 0.737. The second kappa shape index (κ2) is 5.59. The highest BCUT2D eigenvalue weighted by Gasteiger charge is 2.19. The lowest BCUT2D eigenvalue weighted by Crippen LogP contribution is -2.42. The molecule has 2 aliphatic heterocycles. The molecule has 0 spiro atoms. The van der Waals surface area contributed by atoms with E-state index in [0.717, 1.165) is 51.7 Å². The Morgan fingerprint density at radius 1 is 1.11 bits per heavy atom. The molecule has 0 amide bonds. The molecule has 1 fully saturated rings. The average Bonchev–Trinajstić information content (AvgIpc) is 2.46. The largest absolute Gasteiger partial charge is 0.474 e. The number of hydrogen-bond donors (Lipinski definition) is 0. The van der Waals surface area contributed by atoms with Crippen molar-refractivity contribution in [2.24, 2.45) is 0 Å². The van der Waals surface area contributed by atoms with Crippen molar-refractivity contribution >= 4 is 5.69 Å². The highest BCUT2D eigenvalue weighted by molar-refractivity contribution is 5.60. The van der Waals surface area contributed by atoms with Gasteiger partial charge in [0.05, 0.1) is 25.4 Å². The first-order valence-corrected chi connectivity index (χ1v) is 6.47. The Labute approximate surface area is 108 Å². The van der Waals surface area contributed by atoms with E-state index in [1.54, 1.807) is 0 Å². The highest BCUT2D eigenvalue weighted by atomic mass is 16.5. The molecule has 1 aromatic carbocycles. The summed E-state index contributed by atoms with van der Waals surface area (Å²) in [5, 5.41) is 0. The van der Waals surface area contributed by atoms with Gasteiger partial charge in [-0.15, -0.1) is 0 Å². The number of fused-ring (bicyclic) bond motifs is 1. The fourth-order valence-electron chi connectivity index (χ4n) is 2.36. The molecule has 2 aliphatic rings. The lowest BCUT2D eigenvalue weighted by molar-refractivity contribution is 0.0391. The second-order valence-electron chi connectivity index (χ2n) is 4.59. The molecule has 4 heteroatoms. The highest BCUT2D eigenvalue weighted by Crippen LogP contribution is 2.31. The molecule has 0 unspecified atom stereocenters. The van der Waals surface area contributed by atoms with Crippen LogP contribution >= 0.6 is 0 Å². The summed E-state index contributed by atoms with van der Waals surface area (Å²) in [4.78, 5) is 4.76. The number of ether oxygens (including phenoxy) is 2. The maximum atomic E-state index is 5.42. The molecule has 0 atom stereocenters. The van der Waals surface area contributed by atoms with Crippen LogP contribution in [0.4, 0.5) is 5.69 Å². The van der Waals surface area contributed by atoms with E-state index in [9.17, 15) is 0 Å². The van der Waals surface area contributed by atoms with Crippen LogP contribution in [0.2, 0.25) is 0 Å². The van der Waals surface area contributed by atoms with Crippen LogP contribution in [0, 0.1) is 6.61 Å². The molecular formula is C14H18N2O2. The van der Waals surface area contributed by atoms with Crippen LogP contribution in [0.25, 0.3) is 0 Å². The third-order valence-electron chi connectivity index (χ3n) is 3.43. The van der Waals surface area contributed by atoms with Crippen molar-refractivity contribution in [3.05, 3.63) is 30.9 Å². The first kappa shape index (κ1) is 11.8. The van der Waals surface area contributed by atoms with Crippen LogP contribution in [-0.4, -0.2) is 50.8 Å². The van der Waals surface area contributed by atoms with Crippen LogP contribution in [0.15, 0.2) is 24.3 Å². The number of rotatable bonds is 3. The summed E-state index contributed by atoms with van der Waals surface area (Å²) in [6, 6.07) is 8.14. The van der Waals surface area contributed by atoms with E-state index < -0.39 is 0 Å². The summed E-state index contributed by atoms with van der Waals surface area (Å²) >= 11 is 0. The van der Waals surface area contributed by atoms with E-state index in [1.807, 2.05) is 12.1 Å². The van der Waals surface area contributed by atoms with Crippen molar-refractivity contribution in [3.8, 4) is 5.75 Å². The third-order valence-corrected chi connectivity index (χ3v) is 3.43. The lowest BCUT2D eigenvalue weighted by Gasteiger charge is -2.33. The molecule has 0 aliphatic carbocycles. The zero-order valence-corrected chi connectivity index (χ0v) is 10.5. The predicted molar refractivity (Wildman–Crippen MR) is 69.8 cm³/mol. The van der Waals surface area contributed by atoms with Gasteiger partial charge in [-0.3, -0.25) is 4.90 Å². The Morgan fingerprint density at radius 3 is 2.83 bits per heavy atom. The first-order chi connectivity index (χ1) is 8.93. The Balaban J connectivity index is 1.60. The standard InChI is InChI=1S/C14H18N2O2/c1-2-4-14-13(3-1)16(9-12-18-14)6-5-15-7-10-17-11-8-15/h1-4H,5-11H2. The molecule has 18 heavy (non-hydrogen) atoms. The van der Waals surface area contributed by atoms with E-state index in [0.29, 0.717) is 0 Å². The summed E-state index contributed by atoms with van der Waals surface area (Å²) in [6.07, 6.45) is 0. The van der Waals surface area contributed by atoms with E-state index in [-0.39, 0.29) is 0 Å². The molecule has 0 bridgehead atoms. The summed E-state index contributed by atoms with van der Waals surface area (Å²) in [6.45, 7) is 9.58. The van der Waals surface area contributed by atoms with Gasteiger partial charge in [0.1, 0.15) is 5.75 Å². The monoisotopic (exact) mass is 246 g/mol. The SMILES string of the molecule is [C]1CN(CCN2CCOCC2)c2ccccc2O1. The molecule has 0 N–H and O–H groups in total. The molecule has 2 radical (unpaired) electrons. The molecule has 4 nitrogen and oxygen atoms in total. The van der Waals surface area contributed by atoms with Gasteiger partial charge in [0.2, 0.25) is 6.61 Å². The summed E-state index contributed by atoms with van der Waals surface area (Å²) in [5.74, 6) is 0.908. The molecule has 3 rings (SSSR count). The minimum atomic E-state index is 0.737. The van der Waals surface area contributed by atoms with Crippen molar-refractivity contribution in [3.63, 3.8) is 0 Å². The van der Waals surface area contributed by atoms with Crippen molar-refractivity contribution in [1.82, 2.24) is 4.90 Å². The molecule has 1 aromatic rings. The van der Waals surface area contributed by atoms with Gasteiger partial charge in [-0.1, -0.05) is 12.1 Å². The van der Waals surface area contributed by atoms with Gasteiger partial charge in [-0.25, -0.2) is 0 Å². The van der Waals surface area contributed by atoms with Gasteiger partial charge in [0, 0.05) is 26.2 Å². The molecule has 2 heterocycles. The fraction of sp³-hybridized carbons (Fsp3) is 0.500. The summed E-state index contributed by atoms with van der Waals surface area (Å²) in [7, 11) is 0. The fourth-order valence-corrected chi connectivity index (χ4v) is 2.36. The number of morpholine rings is 1. The Morgan fingerprint density at radius 2 is 1.94 bits per heavy atom. The van der Waals surface area contributed by atoms with Gasteiger partial charge in [0.25, 0.3) is 0 Å². The summed E-state index contributed by atoms with van der Waals surface area (Å²) in [5.41, 5.74) is 1.17. The molecule has 96 valence electrons. The average molecular weight is 246 g/mol. The maximum absolute atomic E-state index is 5.42. The van der Waals surface area contributed by atoms with Gasteiger partial charge in [-0.2, -0.15) is 0 Å². The molecule has 0 saturated carbocycles. The second-order valence-corrected chi connectivity index (χ2v) is 4.59. The zero-order chi connectivity index (χ0) is 12.2. The van der Waals surface area contributed by atoms with Crippen LogP contribution in [0.3, 0.4) is 0 Å². The zero-order valence-electron chi connectivity index (χ0n) is 10.5. The van der Waals surface area contributed by atoms with Crippen LogP contribution < -0.4 is 9.64 Å². The molecular weight excluding hydrogens is 228 g/mol. The normalized spacial score (nSPS) is 20.3. The number of benzene rings is 1.